The van der Waals surface area contributed by atoms with Gasteiger partial charge in [0.05, 0.1) is 0 Å². The van der Waals surface area contributed by atoms with E-state index in [2.05, 4.69) is 6.92 Å². The van der Waals surface area contributed by atoms with E-state index in [0.717, 1.165) is 5.92 Å². The third-order valence-corrected chi connectivity index (χ3v) is 4.99. The molecule has 44 valence electrons. The molecule has 0 amide bonds. The summed E-state index contributed by atoms with van der Waals surface area (Å²) >= 11 is 0.674. The maximum absolute atomic E-state index is 2.39. The van der Waals surface area contributed by atoms with E-state index < -0.39 is 0 Å². The van der Waals surface area contributed by atoms with Gasteiger partial charge in [0.25, 0.3) is 0 Å². The van der Waals surface area contributed by atoms with Gasteiger partial charge in [0.2, 0.25) is 0 Å². The molecule has 1 saturated heterocycles. The predicted octanol–water partition coefficient (Wildman–Crippen LogP) is -1.49. The summed E-state index contributed by atoms with van der Waals surface area (Å²) in [5, 5.41) is 0. The second-order valence-corrected chi connectivity index (χ2v) is 5.32. The van der Waals surface area contributed by atoms with Crippen LogP contribution >= 0.6 is 0 Å². The molecular formula is C6H12I-. The SMILES string of the molecule is C[C@H]1CCC[I-]C1. The molecule has 0 aromatic heterocycles. The van der Waals surface area contributed by atoms with E-state index in [1.165, 1.54) is 12.8 Å². The molecule has 0 N–H and O–H groups in total. The Morgan fingerprint density at radius 2 is 2.43 bits per heavy atom. The van der Waals surface area contributed by atoms with Crippen molar-refractivity contribution in [2.45, 2.75) is 19.8 Å². The Morgan fingerprint density at radius 3 is 2.71 bits per heavy atom. The van der Waals surface area contributed by atoms with Gasteiger partial charge < -0.3 is 0 Å². The van der Waals surface area contributed by atoms with Gasteiger partial charge in [-0.15, -0.1) is 0 Å². The molecule has 1 heterocycles. The fourth-order valence-corrected chi connectivity index (χ4v) is 3.78. The zero-order valence-electron chi connectivity index (χ0n) is 4.78. The molecule has 0 aromatic rings. The Balaban J connectivity index is 2.12. The minimum absolute atomic E-state index is 0.674. The Morgan fingerprint density at radius 1 is 1.57 bits per heavy atom. The zero-order chi connectivity index (χ0) is 5.11. The van der Waals surface area contributed by atoms with Gasteiger partial charge in [0, 0.05) is 0 Å². The zero-order valence-corrected chi connectivity index (χ0v) is 6.94. The third-order valence-electron chi connectivity index (χ3n) is 1.34. The first kappa shape index (κ1) is 5.86. The van der Waals surface area contributed by atoms with Crippen LogP contribution in [-0.2, 0) is 0 Å². The van der Waals surface area contributed by atoms with E-state index >= 15 is 0 Å². The van der Waals surface area contributed by atoms with Crippen molar-refractivity contribution < 1.29 is 21.2 Å². The van der Waals surface area contributed by atoms with Crippen LogP contribution in [0.1, 0.15) is 19.8 Å². The molecule has 0 nitrogen and oxygen atoms in total. The topological polar surface area (TPSA) is 0 Å². The molecule has 0 aromatic carbocycles. The van der Waals surface area contributed by atoms with E-state index in [0.29, 0.717) is 21.2 Å². The van der Waals surface area contributed by atoms with Gasteiger partial charge in [-0.05, 0) is 0 Å². The quantitative estimate of drug-likeness (QED) is 0.338. The van der Waals surface area contributed by atoms with Crippen molar-refractivity contribution in [1.29, 1.82) is 0 Å². The van der Waals surface area contributed by atoms with Crippen molar-refractivity contribution in [1.82, 2.24) is 0 Å². The Hall–Kier alpha value is 0.730. The summed E-state index contributed by atoms with van der Waals surface area (Å²) in [6.07, 6.45) is 3.05. The fraction of sp³-hybridized carbons (Fsp3) is 1.00. The van der Waals surface area contributed by atoms with E-state index in [9.17, 15) is 0 Å². The van der Waals surface area contributed by atoms with Crippen molar-refractivity contribution in [3.8, 4) is 0 Å². The molecule has 0 unspecified atom stereocenters. The molecule has 1 aliphatic heterocycles. The molecule has 0 radical (unpaired) electrons. The van der Waals surface area contributed by atoms with Crippen LogP contribution in [0, 0.1) is 5.92 Å². The number of hydrogen-bond donors (Lipinski definition) is 0. The van der Waals surface area contributed by atoms with Crippen LogP contribution in [0.4, 0.5) is 0 Å². The molecule has 1 fully saturated rings. The molecular weight excluding hydrogens is 199 g/mol. The van der Waals surface area contributed by atoms with Gasteiger partial charge in [-0.1, -0.05) is 0 Å². The molecule has 0 saturated carbocycles. The summed E-state index contributed by atoms with van der Waals surface area (Å²) in [6.45, 7) is 2.39. The molecule has 1 aliphatic rings. The van der Waals surface area contributed by atoms with Crippen molar-refractivity contribution in [3.63, 3.8) is 0 Å². The molecule has 1 rings (SSSR count). The minimum atomic E-state index is 0.674. The van der Waals surface area contributed by atoms with Crippen LogP contribution in [-0.4, -0.2) is 8.86 Å². The van der Waals surface area contributed by atoms with Crippen molar-refractivity contribution in [2.24, 2.45) is 5.92 Å². The van der Waals surface area contributed by atoms with Crippen molar-refractivity contribution in [2.75, 3.05) is 8.86 Å². The van der Waals surface area contributed by atoms with E-state index in [1.54, 1.807) is 8.86 Å². The molecule has 1 heteroatoms. The Kier molecular flexibility index (Phi) is 2.43. The fourth-order valence-electron chi connectivity index (χ4n) is 0.861. The van der Waals surface area contributed by atoms with Crippen LogP contribution in [0.2, 0.25) is 0 Å². The number of halogens is 1. The van der Waals surface area contributed by atoms with Crippen LogP contribution < -0.4 is 21.2 Å². The normalized spacial score (nSPS) is 34.1. The van der Waals surface area contributed by atoms with Crippen LogP contribution in [0.5, 0.6) is 0 Å². The summed E-state index contributed by atoms with van der Waals surface area (Å²) < 4.78 is 3.20. The maximum atomic E-state index is 2.39. The average molecular weight is 211 g/mol. The Bertz CT molecular complexity index is 46.1. The summed E-state index contributed by atoms with van der Waals surface area (Å²) in [7, 11) is 0. The van der Waals surface area contributed by atoms with E-state index in [4.69, 9.17) is 0 Å². The third kappa shape index (κ3) is 1.98. The van der Waals surface area contributed by atoms with E-state index in [1.807, 2.05) is 0 Å². The molecule has 0 spiro atoms. The average Bonchev–Trinajstić information content (AvgIpc) is 1.69. The summed E-state index contributed by atoms with van der Waals surface area (Å²) in [6, 6.07) is 0. The summed E-state index contributed by atoms with van der Waals surface area (Å²) in [4.78, 5) is 0. The van der Waals surface area contributed by atoms with Gasteiger partial charge in [0.15, 0.2) is 0 Å². The first-order valence-corrected chi connectivity index (χ1v) is 5.98. The standard InChI is InChI=1S/C6H12I/c1-6-3-2-4-7-5-6/h6H,2-5H2,1H3/q-1/t6-/m0/s1. The first-order valence-electron chi connectivity index (χ1n) is 2.93. The molecule has 7 heavy (non-hydrogen) atoms. The van der Waals surface area contributed by atoms with E-state index in [-0.39, 0.29) is 0 Å². The van der Waals surface area contributed by atoms with Gasteiger partial charge in [0.1, 0.15) is 0 Å². The number of rotatable bonds is 0. The second kappa shape index (κ2) is 2.90. The van der Waals surface area contributed by atoms with Crippen molar-refractivity contribution >= 4 is 0 Å². The Labute approximate surface area is 55.9 Å². The predicted molar refractivity (Wildman–Crippen MR) is 28.1 cm³/mol. The summed E-state index contributed by atoms with van der Waals surface area (Å²) in [5.74, 6) is 1.08. The second-order valence-electron chi connectivity index (χ2n) is 2.28. The first-order chi connectivity index (χ1) is 3.39. The van der Waals surface area contributed by atoms with Crippen LogP contribution in [0.25, 0.3) is 0 Å². The van der Waals surface area contributed by atoms with Gasteiger partial charge >= 0.3 is 55.7 Å². The van der Waals surface area contributed by atoms with Gasteiger partial charge in [-0.2, -0.15) is 0 Å². The van der Waals surface area contributed by atoms with Crippen LogP contribution in [0.3, 0.4) is 0 Å². The van der Waals surface area contributed by atoms with Crippen LogP contribution in [0.15, 0.2) is 0 Å². The molecule has 1 atom stereocenters. The van der Waals surface area contributed by atoms with Gasteiger partial charge in [-0.3, -0.25) is 0 Å². The van der Waals surface area contributed by atoms with Gasteiger partial charge in [-0.25, -0.2) is 0 Å². The van der Waals surface area contributed by atoms with Crippen molar-refractivity contribution in [3.05, 3.63) is 0 Å². The summed E-state index contributed by atoms with van der Waals surface area (Å²) in [5.41, 5.74) is 0. The number of alkyl halides is 2. The number of hydrogen-bond acceptors (Lipinski definition) is 0. The monoisotopic (exact) mass is 211 g/mol. The molecule has 0 aliphatic carbocycles. The molecule has 0 bridgehead atoms.